The van der Waals surface area contributed by atoms with Gasteiger partial charge in [0, 0.05) is 50.4 Å². The molecule has 29 heavy (non-hydrogen) atoms. The number of hydrogen-bond donors (Lipinski definition) is 2. The normalized spacial score (nSPS) is 17.1. The van der Waals surface area contributed by atoms with Gasteiger partial charge in [-0.25, -0.2) is 9.18 Å². The fraction of sp³-hybridized carbons (Fsp3) is 0.381. The van der Waals surface area contributed by atoms with Crippen molar-refractivity contribution in [2.75, 3.05) is 30.3 Å². The zero-order chi connectivity index (χ0) is 21.0. The number of aryl methyl sites for hydroxylation is 1. The summed E-state index contributed by atoms with van der Waals surface area (Å²) in [5.74, 6) is -0.393. The van der Waals surface area contributed by atoms with E-state index in [-0.39, 0.29) is 17.6 Å². The van der Waals surface area contributed by atoms with E-state index in [1.165, 1.54) is 6.07 Å². The highest BCUT2D eigenvalue weighted by atomic mass is 19.1. The summed E-state index contributed by atoms with van der Waals surface area (Å²) < 4.78 is 14.9. The van der Waals surface area contributed by atoms with Crippen molar-refractivity contribution >= 4 is 23.3 Å². The second-order valence-electron chi connectivity index (χ2n) is 7.34. The predicted octanol–water partition coefficient (Wildman–Crippen LogP) is 3.23. The molecule has 0 spiro atoms. The average molecular weight is 399 g/mol. The van der Waals surface area contributed by atoms with Crippen molar-refractivity contribution in [1.29, 1.82) is 0 Å². The zero-order valence-corrected chi connectivity index (χ0v) is 16.9. The number of carbonyl (C=O) groups is 2. The van der Waals surface area contributed by atoms with Crippen molar-refractivity contribution in [3.8, 4) is 0 Å². The maximum atomic E-state index is 14.9. The lowest BCUT2D eigenvalue weighted by atomic mass is 10.1. The third-order valence-corrected chi connectivity index (χ3v) is 5.01. The van der Waals surface area contributed by atoms with Crippen molar-refractivity contribution in [3.63, 3.8) is 0 Å². The first-order valence-electron chi connectivity index (χ1n) is 9.61. The van der Waals surface area contributed by atoms with Gasteiger partial charge in [-0.05, 0) is 32.0 Å². The smallest absolute Gasteiger partial charge is 0.323 e. The van der Waals surface area contributed by atoms with Gasteiger partial charge >= 0.3 is 6.03 Å². The van der Waals surface area contributed by atoms with Crippen molar-refractivity contribution in [2.45, 2.75) is 33.4 Å². The number of halogens is 1. The van der Waals surface area contributed by atoms with Gasteiger partial charge in [-0.3, -0.25) is 14.7 Å². The summed E-state index contributed by atoms with van der Waals surface area (Å²) in [5, 5.41) is 5.20. The van der Waals surface area contributed by atoms with E-state index >= 15 is 0 Å². The Kier molecular flexibility index (Phi) is 6.43. The number of rotatable bonds is 4. The van der Waals surface area contributed by atoms with Gasteiger partial charge in [0.1, 0.15) is 0 Å². The first kappa shape index (κ1) is 20.7. The fourth-order valence-corrected chi connectivity index (χ4v) is 3.51. The average Bonchev–Trinajstić information content (AvgIpc) is 2.66. The van der Waals surface area contributed by atoms with E-state index in [1.807, 2.05) is 18.7 Å². The van der Waals surface area contributed by atoms with Crippen molar-refractivity contribution < 1.29 is 14.0 Å². The Bertz CT molecular complexity index is 887. The number of amides is 3. The molecule has 1 aliphatic rings. The van der Waals surface area contributed by atoms with E-state index in [0.29, 0.717) is 37.4 Å². The van der Waals surface area contributed by atoms with E-state index in [2.05, 4.69) is 20.5 Å². The van der Waals surface area contributed by atoms with Gasteiger partial charge in [0.2, 0.25) is 5.91 Å². The Morgan fingerprint density at radius 2 is 2.00 bits per heavy atom. The van der Waals surface area contributed by atoms with E-state index in [4.69, 9.17) is 0 Å². The van der Waals surface area contributed by atoms with Gasteiger partial charge in [0.05, 0.1) is 17.6 Å². The summed E-state index contributed by atoms with van der Waals surface area (Å²) in [5.41, 5.74) is 1.99. The molecule has 0 unspecified atom stereocenters. The predicted molar refractivity (Wildman–Crippen MR) is 110 cm³/mol. The second kappa shape index (κ2) is 9.00. The van der Waals surface area contributed by atoms with Gasteiger partial charge in [-0.1, -0.05) is 12.1 Å². The van der Waals surface area contributed by atoms with E-state index < -0.39 is 11.8 Å². The van der Waals surface area contributed by atoms with Crippen LogP contribution in [0.25, 0.3) is 0 Å². The standard InChI is InChI=1S/C21H26FN5O2/c1-14-7-8-18(11-23-14)24-21(29)25-19-6-4-5-17(20(19)22)13-26-9-10-27(16(3)28)15(2)12-26/h4-8,11,15H,9-10,12-13H2,1-3H3,(H2,24,25,29)/t15-/m0/s1. The van der Waals surface area contributed by atoms with Crippen molar-refractivity contribution in [1.82, 2.24) is 14.8 Å². The van der Waals surface area contributed by atoms with E-state index in [1.54, 1.807) is 37.4 Å². The van der Waals surface area contributed by atoms with Crippen LogP contribution in [0, 0.1) is 12.7 Å². The van der Waals surface area contributed by atoms with Crippen LogP contribution in [0.2, 0.25) is 0 Å². The highest BCUT2D eigenvalue weighted by Crippen LogP contribution is 2.21. The quantitative estimate of drug-likeness (QED) is 0.828. The number of pyridine rings is 1. The molecular weight excluding hydrogens is 373 g/mol. The van der Waals surface area contributed by atoms with Crippen LogP contribution in [-0.4, -0.2) is 52.4 Å². The number of carbonyl (C=O) groups excluding carboxylic acids is 2. The molecule has 8 heteroatoms. The minimum Gasteiger partial charge on any atom is -0.338 e. The molecule has 0 bridgehead atoms. The fourth-order valence-electron chi connectivity index (χ4n) is 3.51. The molecule has 1 aromatic heterocycles. The van der Waals surface area contributed by atoms with Crippen LogP contribution in [0.15, 0.2) is 36.5 Å². The Morgan fingerprint density at radius 3 is 2.66 bits per heavy atom. The maximum Gasteiger partial charge on any atom is 0.323 e. The first-order valence-corrected chi connectivity index (χ1v) is 9.61. The molecule has 0 radical (unpaired) electrons. The van der Waals surface area contributed by atoms with Gasteiger partial charge < -0.3 is 15.5 Å². The number of nitrogens with zero attached hydrogens (tertiary/aromatic N) is 3. The molecule has 1 aliphatic heterocycles. The van der Waals surface area contributed by atoms with Crippen LogP contribution in [-0.2, 0) is 11.3 Å². The zero-order valence-electron chi connectivity index (χ0n) is 16.9. The lowest BCUT2D eigenvalue weighted by molar-refractivity contribution is -0.133. The summed E-state index contributed by atoms with van der Waals surface area (Å²) >= 11 is 0. The maximum absolute atomic E-state index is 14.9. The Morgan fingerprint density at radius 1 is 1.21 bits per heavy atom. The molecule has 154 valence electrons. The molecule has 1 atom stereocenters. The topological polar surface area (TPSA) is 77.6 Å². The van der Waals surface area contributed by atoms with Crippen LogP contribution >= 0.6 is 0 Å². The SMILES string of the molecule is CC(=O)N1CCN(Cc2cccc(NC(=O)Nc3ccc(C)nc3)c2F)C[C@@H]1C. The molecule has 2 aromatic rings. The summed E-state index contributed by atoms with van der Waals surface area (Å²) in [6.45, 7) is 7.82. The van der Waals surface area contributed by atoms with Crippen molar-refractivity contribution in [3.05, 3.63) is 53.6 Å². The number of benzene rings is 1. The minimum atomic E-state index is -0.532. The van der Waals surface area contributed by atoms with Gasteiger partial charge in [0.15, 0.2) is 5.82 Å². The molecule has 1 aromatic carbocycles. The summed E-state index contributed by atoms with van der Waals surface area (Å²) in [7, 11) is 0. The third kappa shape index (κ3) is 5.29. The van der Waals surface area contributed by atoms with Crippen molar-refractivity contribution in [2.24, 2.45) is 0 Å². The molecule has 7 nitrogen and oxygen atoms in total. The van der Waals surface area contributed by atoms with E-state index in [0.717, 1.165) is 5.69 Å². The van der Waals surface area contributed by atoms with Crippen LogP contribution < -0.4 is 10.6 Å². The number of anilines is 2. The second-order valence-corrected chi connectivity index (χ2v) is 7.34. The molecule has 2 heterocycles. The van der Waals surface area contributed by atoms with Gasteiger partial charge in [-0.2, -0.15) is 0 Å². The van der Waals surface area contributed by atoms with E-state index in [9.17, 15) is 14.0 Å². The Labute approximate surface area is 169 Å². The highest BCUT2D eigenvalue weighted by Gasteiger charge is 2.26. The Balaban J connectivity index is 1.62. The summed E-state index contributed by atoms with van der Waals surface area (Å²) in [6, 6.07) is 8.03. The number of urea groups is 1. The van der Waals surface area contributed by atoms with Crippen LogP contribution in [0.3, 0.4) is 0 Å². The number of nitrogens with one attached hydrogen (secondary N) is 2. The lowest BCUT2D eigenvalue weighted by Crippen LogP contribution is -2.53. The molecule has 1 saturated heterocycles. The minimum absolute atomic E-state index is 0.0596. The monoisotopic (exact) mass is 399 g/mol. The molecule has 3 amide bonds. The molecule has 2 N–H and O–H groups in total. The molecular formula is C21H26FN5O2. The highest BCUT2D eigenvalue weighted by molar-refractivity contribution is 5.99. The number of hydrogen-bond acceptors (Lipinski definition) is 4. The largest absolute Gasteiger partial charge is 0.338 e. The Hall–Kier alpha value is -3.00. The number of aromatic nitrogens is 1. The molecule has 0 saturated carbocycles. The third-order valence-electron chi connectivity index (χ3n) is 5.01. The number of piperazine rings is 1. The molecule has 3 rings (SSSR count). The van der Waals surface area contributed by atoms with Crippen LogP contribution in [0.4, 0.5) is 20.6 Å². The van der Waals surface area contributed by atoms with Gasteiger partial charge in [-0.15, -0.1) is 0 Å². The van der Waals surface area contributed by atoms with Crippen LogP contribution in [0.5, 0.6) is 0 Å². The first-order chi connectivity index (χ1) is 13.8. The van der Waals surface area contributed by atoms with Gasteiger partial charge in [0.25, 0.3) is 0 Å². The lowest BCUT2D eigenvalue weighted by Gasteiger charge is -2.39. The molecule has 0 aliphatic carbocycles. The van der Waals surface area contributed by atoms with Crippen LogP contribution in [0.1, 0.15) is 25.1 Å². The molecule has 1 fully saturated rings. The summed E-state index contributed by atoms with van der Waals surface area (Å²) in [4.78, 5) is 31.9. The summed E-state index contributed by atoms with van der Waals surface area (Å²) in [6.07, 6.45) is 1.55.